The van der Waals surface area contributed by atoms with Crippen LogP contribution in [0.25, 0.3) is 0 Å². The van der Waals surface area contributed by atoms with E-state index in [9.17, 15) is 0 Å². The number of nitrogens with two attached hydrogens (primary N) is 1. The first kappa shape index (κ1) is 8.69. The lowest BCUT2D eigenvalue weighted by atomic mass is 9.97. The van der Waals surface area contributed by atoms with Gasteiger partial charge in [0.05, 0.1) is 25.9 Å². The van der Waals surface area contributed by atoms with Gasteiger partial charge in [-0.25, -0.2) is 0 Å². The predicted molar refractivity (Wildman–Crippen MR) is 48.9 cm³/mol. The molecule has 0 radical (unpaired) electrons. The van der Waals surface area contributed by atoms with E-state index in [0.717, 1.165) is 16.7 Å². The van der Waals surface area contributed by atoms with E-state index in [4.69, 9.17) is 15.6 Å². The molecule has 0 bridgehead atoms. The van der Waals surface area contributed by atoms with Crippen LogP contribution in [0.15, 0.2) is 18.2 Å². The van der Waals surface area contributed by atoms with Gasteiger partial charge in [-0.05, 0) is 16.7 Å². The fourth-order valence-corrected chi connectivity index (χ4v) is 1.60. The minimum absolute atomic E-state index is 0.0461. The van der Waals surface area contributed by atoms with Crippen molar-refractivity contribution in [2.75, 3.05) is 6.61 Å². The first-order valence-corrected chi connectivity index (χ1v) is 4.37. The molecule has 1 aromatic carbocycles. The van der Waals surface area contributed by atoms with Crippen LogP contribution in [0.1, 0.15) is 22.7 Å². The van der Waals surface area contributed by atoms with Gasteiger partial charge >= 0.3 is 0 Å². The molecule has 1 aliphatic rings. The zero-order valence-corrected chi connectivity index (χ0v) is 7.36. The summed E-state index contributed by atoms with van der Waals surface area (Å²) in [6.45, 7) is 1.28. The van der Waals surface area contributed by atoms with Gasteiger partial charge in [-0.1, -0.05) is 18.2 Å². The Kier molecular flexibility index (Phi) is 2.31. The fourth-order valence-electron chi connectivity index (χ4n) is 1.60. The van der Waals surface area contributed by atoms with Crippen LogP contribution in [0.2, 0.25) is 0 Å². The summed E-state index contributed by atoms with van der Waals surface area (Å²) >= 11 is 0. The largest absolute Gasteiger partial charge is 0.392 e. The highest BCUT2D eigenvalue weighted by atomic mass is 16.5. The van der Waals surface area contributed by atoms with Gasteiger partial charge in [0.25, 0.3) is 0 Å². The van der Waals surface area contributed by atoms with Crippen molar-refractivity contribution in [1.82, 2.24) is 0 Å². The lowest BCUT2D eigenvalue weighted by Crippen LogP contribution is -2.23. The first-order valence-electron chi connectivity index (χ1n) is 4.37. The van der Waals surface area contributed by atoms with E-state index < -0.39 is 0 Å². The van der Waals surface area contributed by atoms with Crippen LogP contribution in [0, 0.1) is 0 Å². The molecule has 1 aliphatic heterocycles. The molecule has 0 spiro atoms. The molecule has 0 saturated heterocycles. The number of benzene rings is 1. The van der Waals surface area contributed by atoms with Crippen molar-refractivity contribution in [2.24, 2.45) is 5.73 Å². The SMILES string of the molecule is NC1COCc2ccc(CO)cc21. The maximum Gasteiger partial charge on any atom is 0.0721 e. The number of hydrogen-bond acceptors (Lipinski definition) is 3. The Morgan fingerprint density at radius 2 is 2.38 bits per heavy atom. The summed E-state index contributed by atoms with van der Waals surface area (Å²) in [5.41, 5.74) is 9.02. The molecule has 1 unspecified atom stereocenters. The van der Waals surface area contributed by atoms with Crippen LogP contribution in [-0.2, 0) is 18.0 Å². The number of fused-ring (bicyclic) bond motifs is 1. The molecule has 0 amide bonds. The van der Waals surface area contributed by atoms with Gasteiger partial charge in [0.1, 0.15) is 0 Å². The van der Waals surface area contributed by atoms with Gasteiger partial charge in [0.15, 0.2) is 0 Å². The predicted octanol–water partition coefficient (Wildman–Crippen LogP) is 0.709. The number of aliphatic hydroxyl groups excluding tert-OH is 1. The van der Waals surface area contributed by atoms with Crippen LogP contribution in [-0.4, -0.2) is 11.7 Å². The van der Waals surface area contributed by atoms with Crippen molar-refractivity contribution in [2.45, 2.75) is 19.3 Å². The van der Waals surface area contributed by atoms with Crippen LogP contribution >= 0.6 is 0 Å². The zero-order valence-electron chi connectivity index (χ0n) is 7.36. The third-order valence-corrected chi connectivity index (χ3v) is 2.35. The normalized spacial score (nSPS) is 21.2. The molecule has 0 saturated carbocycles. The quantitative estimate of drug-likeness (QED) is 0.667. The van der Waals surface area contributed by atoms with Gasteiger partial charge in [-0.2, -0.15) is 0 Å². The van der Waals surface area contributed by atoms with Gasteiger partial charge in [0.2, 0.25) is 0 Å². The van der Waals surface area contributed by atoms with Crippen LogP contribution in [0.3, 0.4) is 0 Å². The van der Waals surface area contributed by atoms with Crippen molar-refractivity contribution in [3.63, 3.8) is 0 Å². The van der Waals surface area contributed by atoms with Gasteiger partial charge in [-0.15, -0.1) is 0 Å². The van der Waals surface area contributed by atoms with E-state index >= 15 is 0 Å². The summed E-state index contributed by atoms with van der Waals surface area (Å²) in [6, 6.07) is 5.79. The van der Waals surface area contributed by atoms with Gasteiger partial charge < -0.3 is 15.6 Å². The molecule has 2 rings (SSSR count). The highest BCUT2D eigenvalue weighted by molar-refractivity contribution is 5.34. The Hall–Kier alpha value is -0.900. The first-order chi connectivity index (χ1) is 6.31. The van der Waals surface area contributed by atoms with Crippen LogP contribution in [0.5, 0.6) is 0 Å². The maximum atomic E-state index is 8.95. The van der Waals surface area contributed by atoms with Crippen molar-refractivity contribution < 1.29 is 9.84 Å². The number of aliphatic hydroxyl groups is 1. The minimum Gasteiger partial charge on any atom is -0.392 e. The monoisotopic (exact) mass is 179 g/mol. The minimum atomic E-state index is -0.0461. The average Bonchev–Trinajstić information content (AvgIpc) is 2.18. The lowest BCUT2D eigenvalue weighted by molar-refractivity contribution is 0.0922. The summed E-state index contributed by atoms with van der Waals surface area (Å²) in [6.07, 6.45) is 0. The molecule has 13 heavy (non-hydrogen) atoms. The second-order valence-electron chi connectivity index (χ2n) is 3.31. The van der Waals surface area contributed by atoms with Gasteiger partial charge in [-0.3, -0.25) is 0 Å². The molecule has 70 valence electrons. The molecule has 1 atom stereocenters. The summed E-state index contributed by atoms with van der Waals surface area (Å²) in [5.74, 6) is 0. The standard InChI is InChI=1S/C10H13NO2/c11-10-6-13-5-8-2-1-7(4-12)3-9(8)10/h1-3,10,12H,4-6,11H2. The van der Waals surface area contributed by atoms with E-state index in [0.29, 0.717) is 13.2 Å². The van der Waals surface area contributed by atoms with E-state index in [1.807, 2.05) is 18.2 Å². The molecule has 0 aliphatic carbocycles. The van der Waals surface area contributed by atoms with E-state index in [1.54, 1.807) is 0 Å². The second kappa shape index (κ2) is 3.46. The fraction of sp³-hybridized carbons (Fsp3) is 0.400. The maximum absolute atomic E-state index is 8.95. The lowest BCUT2D eigenvalue weighted by Gasteiger charge is -2.22. The highest BCUT2D eigenvalue weighted by Crippen LogP contribution is 2.23. The molecule has 0 fully saturated rings. The van der Waals surface area contributed by atoms with Crippen molar-refractivity contribution >= 4 is 0 Å². The molecule has 3 N–H and O–H groups in total. The van der Waals surface area contributed by atoms with Crippen molar-refractivity contribution in [1.29, 1.82) is 0 Å². The number of ether oxygens (including phenoxy) is 1. The number of rotatable bonds is 1. The third-order valence-electron chi connectivity index (χ3n) is 2.35. The topological polar surface area (TPSA) is 55.5 Å². The summed E-state index contributed by atoms with van der Waals surface area (Å²) in [7, 11) is 0. The Bertz CT molecular complexity index is 312. The van der Waals surface area contributed by atoms with Crippen molar-refractivity contribution in [3.05, 3.63) is 34.9 Å². The Morgan fingerprint density at radius 1 is 1.54 bits per heavy atom. The molecular formula is C10H13NO2. The summed E-state index contributed by atoms with van der Waals surface area (Å²) in [4.78, 5) is 0. The highest BCUT2D eigenvalue weighted by Gasteiger charge is 2.16. The second-order valence-corrected chi connectivity index (χ2v) is 3.31. The zero-order chi connectivity index (χ0) is 9.26. The van der Waals surface area contributed by atoms with Crippen molar-refractivity contribution in [3.8, 4) is 0 Å². The number of hydrogen-bond donors (Lipinski definition) is 2. The third kappa shape index (κ3) is 1.58. The average molecular weight is 179 g/mol. The molecule has 3 nitrogen and oxygen atoms in total. The Labute approximate surface area is 77.1 Å². The molecule has 3 heteroatoms. The molecule has 1 heterocycles. The molecule has 0 aromatic heterocycles. The Morgan fingerprint density at radius 3 is 3.15 bits per heavy atom. The van der Waals surface area contributed by atoms with E-state index in [1.165, 1.54) is 0 Å². The van der Waals surface area contributed by atoms with E-state index in [-0.39, 0.29) is 12.6 Å². The smallest absolute Gasteiger partial charge is 0.0721 e. The molecular weight excluding hydrogens is 166 g/mol. The summed E-state index contributed by atoms with van der Waals surface area (Å²) in [5, 5.41) is 8.95. The van der Waals surface area contributed by atoms with Crippen LogP contribution < -0.4 is 5.73 Å². The Balaban J connectivity index is 2.41. The molecule has 1 aromatic rings. The van der Waals surface area contributed by atoms with E-state index in [2.05, 4.69) is 0 Å². The van der Waals surface area contributed by atoms with Crippen LogP contribution in [0.4, 0.5) is 0 Å². The van der Waals surface area contributed by atoms with Gasteiger partial charge in [0, 0.05) is 0 Å². The summed E-state index contributed by atoms with van der Waals surface area (Å²) < 4.78 is 5.29.